The molecular weight excluding hydrogens is 440 g/mol. The quantitative estimate of drug-likeness (QED) is 0.437. The highest BCUT2D eigenvalue weighted by Crippen LogP contribution is 2.38. The molecule has 0 spiro atoms. The molecule has 1 saturated heterocycles. The van der Waals surface area contributed by atoms with Crippen molar-refractivity contribution in [3.63, 3.8) is 0 Å². The minimum Gasteiger partial charge on any atom is -0.497 e. The second kappa shape index (κ2) is 9.23. The zero-order valence-corrected chi connectivity index (χ0v) is 20.2. The van der Waals surface area contributed by atoms with E-state index in [0.717, 1.165) is 89.7 Å². The SMILES string of the molecule is COc1ccc2nc(N3CCCN(C[C@H]4COc5ccc6nc(C)ccc6c5O4)CC3)ccc2c1. The van der Waals surface area contributed by atoms with Gasteiger partial charge in [-0.15, -0.1) is 0 Å². The summed E-state index contributed by atoms with van der Waals surface area (Å²) in [7, 11) is 1.69. The summed E-state index contributed by atoms with van der Waals surface area (Å²) >= 11 is 0. The van der Waals surface area contributed by atoms with Crippen LogP contribution in [0, 0.1) is 6.92 Å². The molecule has 0 N–H and O–H groups in total. The van der Waals surface area contributed by atoms with Gasteiger partial charge in [0.15, 0.2) is 11.5 Å². The number of ether oxygens (including phenoxy) is 3. The molecule has 2 aliphatic heterocycles. The number of methoxy groups -OCH3 is 1. The number of hydrogen-bond acceptors (Lipinski definition) is 7. The first-order valence-electron chi connectivity index (χ1n) is 12.3. The van der Waals surface area contributed by atoms with Gasteiger partial charge in [-0.25, -0.2) is 4.98 Å². The highest BCUT2D eigenvalue weighted by atomic mass is 16.6. The van der Waals surface area contributed by atoms with Crippen LogP contribution in [0.25, 0.3) is 21.8 Å². The first-order valence-corrected chi connectivity index (χ1v) is 12.3. The lowest BCUT2D eigenvalue weighted by Gasteiger charge is -2.31. The molecule has 1 fully saturated rings. The van der Waals surface area contributed by atoms with Crippen molar-refractivity contribution in [1.82, 2.24) is 14.9 Å². The molecule has 4 aromatic rings. The van der Waals surface area contributed by atoms with Gasteiger partial charge in [-0.2, -0.15) is 0 Å². The Bertz CT molecular complexity index is 1380. The molecule has 7 heteroatoms. The van der Waals surface area contributed by atoms with Crippen LogP contribution in [0.2, 0.25) is 0 Å². The monoisotopic (exact) mass is 470 g/mol. The molecule has 2 aromatic heterocycles. The van der Waals surface area contributed by atoms with E-state index in [4.69, 9.17) is 19.2 Å². The standard InChI is InChI=1S/C28H30N4O3/c1-19-4-7-23-25(29-19)9-10-26-28(23)35-22(18-34-26)17-31-12-3-13-32(15-14-31)27-11-5-20-16-21(33-2)6-8-24(20)30-27/h4-11,16,22H,3,12-15,17-18H2,1-2H3/t22-/m0/s1. The summed E-state index contributed by atoms with van der Waals surface area (Å²) in [5.41, 5.74) is 2.94. The van der Waals surface area contributed by atoms with E-state index in [0.29, 0.717) is 6.61 Å². The molecule has 6 rings (SSSR count). The third kappa shape index (κ3) is 4.44. The Morgan fingerprint density at radius 1 is 0.943 bits per heavy atom. The molecule has 0 saturated carbocycles. The number of rotatable bonds is 4. The van der Waals surface area contributed by atoms with Crippen molar-refractivity contribution >= 4 is 27.6 Å². The molecule has 4 heterocycles. The summed E-state index contributed by atoms with van der Waals surface area (Å²) in [4.78, 5) is 14.4. The van der Waals surface area contributed by atoms with Crippen LogP contribution in [0.3, 0.4) is 0 Å². The number of aryl methyl sites for hydroxylation is 1. The van der Waals surface area contributed by atoms with Crippen LogP contribution in [-0.4, -0.2) is 67.4 Å². The molecule has 0 aliphatic carbocycles. The van der Waals surface area contributed by atoms with Crippen LogP contribution < -0.4 is 19.1 Å². The van der Waals surface area contributed by atoms with Crippen molar-refractivity contribution in [3.05, 3.63) is 60.3 Å². The fourth-order valence-electron chi connectivity index (χ4n) is 5.03. The van der Waals surface area contributed by atoms with E-state index in [1.54, 1.807) is 7.11 Å². The van der Waals surface area contributed by atoms with E-state index in [1.807, 2.05) is 43.3 Å². The van der Waals surface area contributed by atoms with Crippen molar-refractivity contribution in [1.29, 1.82) is 0 Å². The maximum Gasteiger partial charge on any atom is 0.171 e. The smallest absolute Gasteiger partial charge is 0.171 e. The highest BCUT2D eigenvalue weighted by molar-refractivity contribution is 5.88. The number of aromatic nitrogens is 2. The third-order valence-corrected chi connectivity index (χ3v) is 6.89. The van der Waals surface area contributed by atoms with Crippen molar-refractivity contribution < 1.29 is 14.2 Å². The molecule has 180 valence electrons. The topological polar surface area (TPSA) is 60.0 Å². The summed E-state index contributed by atoms with van der Waals surface area (Å²) in [5, 5.41) is 2.11. The van der Waals surface area contributed by atoms with Gasteiger partial charge in [-0.3, -0.25) is 9.88 Å². The van der Waals surface area contributed by atoms with Crippen molar-refractivity contribution in [2.24, 2.45) is 0 Å². The normalized spacial score (nSPS) is 18.6. The lowest BCUT2D eigenvalue weighted by Crippen LogP contribution is -2.42. The summed E-state index contributed by atoms with van der Waals surface area (Å²) in [6, 6.07) is 18.4. The number of hydrogen-bond donors (Lipinski definition) is 0. The molecule has 0 bridgehead atoms. The van der Waals surface area contributed by atoms with Gasteiger partial charge in [0.25, 0.3) is 0 Å². The average molecular weight is 471 g/mol. The zero-order valence-electron chi connectivity index (χ0n) is 20.2. The number of anilines is 1. The van der Waals surface area contributed by atoms with Gasteiger partial charge in [0.05, 0.1) is 18.1 Å². The van der Waals surface area contributed by atoms with Crippen LogP contribution in [0.4, 0.5) is 5.82 Å². The Labute approximate surface area is 205 Å². The molecule has 1 atom stereocenters. The second-order valence-corrected chi connectivity index (χ2v) is 9.33. The van der Waals surface area contributed by atoms with E-state index in [2.05, 4.69) is 33.0 Å². The number of pyridine rings is 2. The molecule has 0 amide bonds. The fraction of sp³-hybridized carbons (Fsp3) is 0.357. The summed E-state index contributed by atoms with van der Waals surface area (Å²) < 4.78 is 17.9. The zero-order chi connectivity index (χ0) is 23.8. The van der Waals surface area contributed by atoms with Crippen LogP contribution in [0.5, 0.6) is 17.2 Å². The molecule has 2 aliphatic rings. The van der Waals surface area contributed by atoms with Gasteiger partial charge in [0.2, 0.25) is 0 Å². The van der Waals surface area contributed by atoms with Gasteiger partial charge in [0, 0.05) is 49.2 Å². The van der Waals surface area contributed by atoms with Gasteiger partial charge >= 0.3 is 0 Å². The Hall–Kier alpha value is -3.58. The van der Waals surface area contributed by atoms with Gasteiger partial charge in [-0.1, -0.05) is 0 Å². The lowest BCUT2D eigenvalue weighted by molar-refractivity contribution is 0.0622. The van der Waals surface area contributed by atoms with E-state index < -0.39 is 0 Å². The first-order chi connectivity index (χ1) is 17.2. The summed E-state index contributed by atoms with van der Waals surface area (Å²) in [6.45, 7) is 7.33. The minimum absolute atomic E-state index is 0.00488. The van der Waals surface area contributed by atoms with Gasteiger partial charge < -0.3 is 19.1 Å². The number of nitrogens with zero attached hydrogens (tertiary/aromatic N) is 4. The number of fused-ring (bicyclic) bond motifs is 4. The van der Waals surface area contributed by atoms with Gasteiger partial charge in [-0.05, 0) is 67.9 Å². The largest absolute Gasteiger partial charge is 0.497 e. The molecule has 0 radical (unpaired) electrons. The molecule has 2 aromatic carbocycles. The molecular formula is C28H30N4O3. The molecule has 35 heavy (non-hydrogen) atoms. The Balaban J connectivity index is 1.12. The minimum atomic E-state index is -0.00488. The Kier molecular flexibility index (Phi) is 5.78. The molecule has 0 unspecified atom stereocenters. The molecule has 7 nitrogen and oxygen atoms in total. The Morgan fingerprint density at radius 2 is 1.86 bits per heavy atom. The van der Waals surface area contributed by atoms with Crippen LogP contribution >= 0.6 is 0 Å². The van der Waals surface area contributed by atoms with Crippen LogP contribution in [0.1, 0.15) is 12.1 Å². The second-order valence-electron chi connectivity index (χ2n) is 9.33. The fourth-order valence-corrected chi connectivity index (χ4v) is 5.03. The predicted molar refractivity (Wildman–Crippen MR) is 138 cm³/mol. The van der Waals surface area contributed by atoms with Crippen molar-refractivity contribution in [2.45, 2.75) is 19.4 Å². The highest BCUT2D eigenvalue weighted by Gasteiger charge is 2.26. The van der Waals surface area contributed by atoms with Crippen LogP contribution in [0.15, 0.2) is 54.6 Å². The van der Waals surface area contributed by atoms with E-state index in [-0.39, 0.29) is 6.10 Å². The van der Waals surface area contributed by atoms with E-state index >= 15 is 0 Å². The third-order valence-electron chi connectivity index (χ3n) is 6.89. The van der Waals surface area contributed by atoms with E-state index in [9.17, 15) is 0 Å². The summed E-state index contributed by atoms with van der Waals surface area (Å²) in [6.07, 6.45) is 1.08. The van der Waals surface area contributed by atoms with E-state index in [1.165, 1.54) is 0 Å². The van der Waals surface area contributed by atoms with Crippen molar-refractivity contribution in [2.75, 3.05) is 51.3 Å². The first kappa shape index (κ1) is 21.9. The summed E-state index contributed by atoms with van der Waals surface area (Å²) in [5.74, 6) is 3.51. The number of benzene rings is 2. The maximum atomic E-state index is 6.46. The van der Waals surface area contributed by atoms with Crippen LogP contribution in [-0.2, 0) is 0 Å². The average Bonchev–Trinajstić information content (AvgIpc) is 3.13. The Morgan fingerprint density at radius 3 is 2.77 bits per heavy atom. The lowest BCUT2D eigenvalue weighted by atomic mass is 10.1. The maximum absolute atomic E-state index is 6.46. The predicted octanol–water partition coefficient (Wildman–Crippen LogP) is 4.45. The van der Waals surface area contributed by atoms with Gasteiger partial charge in [0.1, 0.15) is 24.3 Å². The van der Waals surface area contributed by atoms with Crippen molar-refractivity contribution in [3.8, 4) is 17.2 Å².